The number of hydrogen-bond acceptors (Lipinski definition) is 5. The third-order valence-corrected chi connectivity index (χ3v) is 4.25. The van der Waals surface area contributed by atoms with Crippen LogP contribution in [0.25, 0.3) is 11.0 Å². The minimum atomic E-state index is -0.496. The van der Waals surface area contributed by atoms with E-state index in [4.69, 9.17) is 9.15 Å². The predicted octanol–water partition coefficient (Wildman–Crippen LogP) is 2.68. The van der Waals surface area contributed by atoms with Crippen molar-refractivity contribution in [3.8, 4) is 5.75 Å². The molecule has 0 aliphatic heterocycles. The molecule has 0 bridgehead atoms. The fourth-order valence-electron chi connectivity index (χ4n) is 2.77. The minimum Gasteiger partial charge on any atom is -0.483 e. The van der Waals surface area contributed by atoms with Crippen molar-refractivity contribution in [2.24, 2.45) is 0 Å². The highest BCUT2D eigenvalue weighted by Gasteiger charge is 2.12. The number of halogens is 1. The topological polar surface area (TPSA) is 97.6 Å². The molecule has 0 spiro atoms. The van der Waals surface area contributed by atoms with E-state index in [1.54, 1.807) is 19.1 Å². The van der Waals surface area contributed by atoms with Crippen molar-refractivity contribution in [1.82, 2.24) is 5.32 Å². The van der Waals surface area contributed by atoms with E-state index in [1.165, 1.54) is 30.3 Å². The molecule has 0 atom stereocenters. The molecule has 3 rings (SSSR count). The lowest BCUT2D eigenvalue weighted by molar-refractivity contribution is -0.125. The van der Waals surface area contributed by atoms with Crippen molar-refractivity contribution in [1.29, 1.82) is 0 Å². The van der Waals surface area contributed by atoms with Gasteiger partial charge in [0.25, 0.3) is 5.91 Å². The molecular weight excluding hydrogens is 379 g/mol. The van der Waals surface area contributed by atoms with E-state index in [1.807, 2.05) is 6.92 Å². The summed E-state index contributed by atoms with van der Waals surface area (Å²) in [6, 6.07) is 10.1. The Morgan fingerprint density at radius 3 is 2.52 bits per heavy atom. The van der Waals surface area contributed by atoms with Crippen LogP contribution in [0.5, 0.6) is 5.75 Å². The lowest BCUT2D eigenvalue weighted by Crippen LogP contribution is -2.35. The third kappa shape index (κ3) is 4.98. The summed E-state index contributed by atoms with van der Waals surface area (Å²) in [4.78, 5) is 35.4. The molecule has 1 aromatic heterocycles. The van der Waals surface area contributed by atoms with E-state index in [0.717, 1.165) is 10.9 Å². The SMILES string of the molecule is Cc1cc(=O)oc2c(C)c(OCC(=O)NCC(=O)Nc3ccc(F)cc3)ccc12. The van der Waals surface area contributed by atoms with Gasteiger partial charge in [-0.15, -0.1) is 0 Å². The van der Waals surface area contributed by atoms with Gasteiger partial charge in [0.1, 0.15) is 17.1 Å². The van der Waals surface area contributed by atoms with Crippen molar-refractivity contribution in [2.45, 2.75) is 13.8 Å². The Kier molecular flexibility index (Phi) is 5.92. The zero-order valence-corrected chi connectivity index (χ0v) is 15.9. The van der Waals surface area contributed by atoms with Crippen LogP contribution in [0.3, 0.4) is 0 Å². The molecule has 0 aliphatic rings. The van der Waals surface area contributed by atoms with Crippen LogP contribution in [0.2, 0.25) is 0 Å². The van der Waals surface area contributed by atoms with Gasteiger partial charge in [-0.05, 0) is 55.8 Å². The third-order valence-electron chi connectivity index (χ3n) is 4.25. The number of benzene rings is 2. The summed E-state index contributed by atoms with van der Waals surface area (Å²) >= 11 is 0. The molecule has 0 saturated heterocycles. The summed E-state index contributed by atoms with van der Waals surface area (Å²) in [5.41, 5.74) is 1.76. The second-order valence-corrected chi connectivity index (χ2v) is 6.43. The second-order valence-electron chi connectivity index (χ2n) is 6.43. The molecule has 7 nitrogen and oxygen atoms in total. The summed E-state index contributed by atoms with van der Waals surface area (Å²) in [5, 5.41) is 5.76. The summed E-state index contributed by atoms with van der Waals surface area (Å²) in [6.07, 6.45) is 0. The molecule has 0 unspecified atom stereocenters. The van der Waals surface area contributed by atoms with Crippen molar-refractivity contribution < 1.29 is 23.1 Å². The van der Waals surface area contributed by atoms with Gasteiger partial charge in [0.2, 0.25) is 5.91 Å². The Bertz CT molecular complexity index is 1120. The van der Waals surface area contributed by atoms with Crippen LogP contribution in [-0.2, 0) is 9.59 Å². The van der Waals surface area contributed by atoms with Gasteiger partial charge in [0.15, 0.2) is 6.61 Å². The number of nitrogens with one attached hydrogen (secondary N) is 2. The van der Waals surface area contributed by atoms with Gasteiger partial charge in [-0.2, -0.15) is 0 Å². The number of ether oxygens (including phenoxy) is 1. The van der Waals surface area contributed by atoms with E-state index >= 15 is 0 Å². The van der Waals surface area contributed by atoms with Gasteiger partial charge in [0, 0.05) is 22.7 Å². The molecule has 2 amide bonds. The molecule has 8 heteroatoms. The first-order valence-corrected chi connectivity index (χ1v) is 8.82. The smallest absolute Gasteiger partial charge is 0.336 e. The summed E-state index contributed by atoms with van der Waals surface area (Å²) in [5.74, 6) is -0.961. The largest absolute Gasteiger partial charge is 0.483 e. The fourth-order valence-corrected chi connectivity index (χ4v) is 2.77. The van der Waals surface area contributed by atoms with Crippen molar-refractivity contribution in [3.63, 3.8) is 0 Å². The molecule has 0 fully saturated rings. The van der Waals surface area contributed by atoms with Crippen LogP contribution in [-0.4, -0.2) is 25.0 Å². The minimum absolute atomic E-state index is 0.260. The Balaban J connectivity index is 1.55. The second kappa shape index (κ2) is 8.55. The normalized spacial score (nSPS) is 10.6. The Morgan fingerprint density at radius 2 is 1.79 bits per heavy atom. The molecule has 2 N–H and O–H groups in total. The molecule has 1 heterocycles. The zero-order valence-electron chi connectivity index (χ0n) is 15.9. The number of fused-ring (bicyclic) bond motifs is 1. The molecule has 29 heavy (non-hydrogen) atoms. The number of hydrogen-bond donors (Lipinski definition) is 2. The first kappa shape index (κ1) is 20.1. The van der Waals surface area contributed by atoms with Crippen LogP contribution in [0, 0.1) is 19.7 Å². The number of rotatable bonds is 6. The highest BCUT2D eigenvalue weighted by molar-refractivity contribution is 5.94. The fraction of sp³-hybridized carbons (Fsp3) is 0.190. The van der Waals surface area contributed by atoms with Crippen LogP contribution in [0.1, 0.15) is 11.1 Å². The quantitative estimate of drug-likeness (QED) is 0.622. The van der Waals surface area contributed by atoms with E-state index in [-0.39, 0.29) is 13.2 Å². The summed E-state index contributed by atoms with van der Waals surface area (Å²) in [7, 11) is 0. The Morgan fingerprint density at radius 1 is 1.07 bits per heavy atom. The summed E-state index contributed by atoms with van der Waals surface area (Å²) in [6.45, 7) is 2.97. The molecule has 0 radical (unpaired) electrons. The first-order chi connectivity index (χ1) is 13.8. The van der Waals surface area contributed by atoms with Gasteiger partial charge >= 0.3 is 5.63 Å². The maximum absolute atomic E-state index is 12.9. The van der Waals surface area contributed by atoms with Gasteiger partial charge in [-0.3, -0.25) is 9.59 Å². The number of carbonyl (C=O) groups is 2. The molecule has 150 valence electrons. The standard InChI is InChI=1S/C21H19FN2O5/c1-12-9-20(27)29-21-13(2)17(8-7-16(12)21)28-11-19(26)23-10-18(25)24-15-5-3-14(22)4-6-15/h3-9H,10-11H2,1-2H3,(H,23,26)(H,24,25). The highest BCUT2D eigenvalue weighted by Crippen LogP contribution is 2.28. The van der Waals surface area contributed by atoms with Gasteiger partial charge < -0.3 is 19.8 Å². The lowest BCUT2D eigenvalue weighted by atomic mass is 10.1. The molecule has 2 aromatic carbocycles. The first-order valence-electron chi connectivity index (χ1n) is 8.82. The molecule has 0 aliphatic carbocycles. The van der Waals surface area contributed by atoms with Crippen LogP contribution >= 0.6 is 0 Å². The van der Waals surface area contributed by atoms with Crippen LogP contribution in [0.4, 0.5) is 10.1 Å². The van der Waals surface area contributed by atoms with E-state index in [9.17, 15) is 18.8 Å². The average Bonchev–Trinajstić information content (AvgIpc) is 2.68. The van der Waals surface area contributed by atoms with Crippen LogP contribution in [0.15, 0.2) is 51.7 Å². The molecular formula is C21H19FN2O5. The lowest BCUT2D eigenvalue weighted by Gasteiger charge is -2.11. The Hall–Kier alpha value is -3.68. The maximum atomic E-state index is 12.9. The van der Waals surface area contributed by atoms with Crippen molar-refractivity contribution in [3.05, 3.63) is 69.8 Å². The number of amides is 2. The van der Waals surface area contributed by atoms with Gasteiger partial charge in [-0.25, -0.2) is 9.18 Å². The van der Waals surface area contributed by atoms with E-state index in [2.05, 4.69) is 10.6 Å². The number of carbonyl (C=O) groups excluding carboxylic acids is 2. The molecule has 3 aromatic rings. The monoisotopic (exact) mass is 398 g/mol. The maximum Gasteiger partial charge on any atom is 0.336 e. The van der Waals surface area contributed by atoms with Crippen molar-refractivity contribution >= 4 is 28.5 Å². The van der Waals surface area contributed by atoms with Gasteiger partial charge in [-0.1, -0.05) is 0 Å². The predicted molar refractivity (Wildman–Crippen MR) is 105 cm³/mol. The summed E-state index contributed by atoms with van der Waals surface area (Å²) < 4.78 is 23.6. The van der Waals surface area contributed by atoms with E-state index in [0.29, 0.717) is 22.6 Å². The number of aryl methyl sites for hydroxylation is 2. The highest BCUT2D eigenvalue weighted by atomic mass is 19.1. The average molecular weight is 398 g/mol. The molecule has 0 saturated carbocycles. The number of anilines is 1. The van der Waals surface area contributed by atoms with E-state index < -0.39 is 23.3 Å². The zero-order chi connectivity index (χ0) is 21.0. The Labute approximate surface area is 165 Å². The van der Waals surface area contributed by atoms with Crippen LogP contribution < -0.4 is 21.0 Å². The van der Waals surface area contributed by atoms with Crippen molar-refractivity contribution in [2.75, 3.05) is 18.5 Å². The van der Waals surface area contributed by atoms with Gasteiger partial charge in [0.05, 0.1) is 6.54 Å².